The van der Waals surface area contributed by atoms with Crippen molar-refractivity contribution in [3.63, 3.8) is 0 Å². The van der Waals surface area contributed by atoms with Gasteiger partial charge in [-0.3, -0.25) is 14.4 Å². The highest BCUT2D eigenvalue weighted by Gasteiger charge is 2.44. The van der Waals surface area contributed by atoms with Gasteiger partial charge >= 0.3 is 17.9 Å². The van der Waals surface area contributed by atoms with Crippen LogP contribution >= 0.6 is 0 Å². The van der Waals surface area contributed by atoms with Gasteiger partial charge in [-0.2, -0.15) is 0 Å². The Hall–Kier alpha value is -3.14. The van der Waals surface area contributed by atoms with Gasteiger partial charge in [0.05, 0.1) is 18.8 Å². The fraction of sp³-hybridized carbons (Fsp3) is 0.586. The van der Waals surface area contributed by atoms with Gasteiger partial charge in [0, 0.05) is 13.3 Å². The predicted molar refractivity (Wildman–Crippen MR) is 135 cm³/mol. The fourth-order valence-corrected chi connectivity index (χ4v) is 4.60. The molecular weight excluding hydrogens is 460 g/mol. The van der Waals surface area contributed by atoms with Gasteiger partial charge in [-0.1, -0.05) is 30.4 Å². The van der Waals surface area contributed by atoms with Gasteiger partial charge in [0.15, 0.2) is 5.60 Å². The predicted octanol–water partition coefficient (Wildman–Crippen LogP) is 4.98. The number of benzene rings is 1. The van der Waals surface area contributed by atoms with Crippen molar-refractivity contribution in [1.29, 1.82) is 0 Å². The lowest BCUT2D eigenvalue weighted by molar-refractivity contribution is -0.160. The number of Topliss-reactive ketones (excluding diaryl/α,β-unsaturated/α-hetero) is 1. The second kappa shape index (κ2) is 13.8. The third-order valence-electron chi connectivity index (χ3n) is 6.58. The van der Waals surface area contributed by atoms with Crippen molar-refractivity contribution in [2.75, 3.05) is 13.2 Å². The molecule has 1 saturated carbocycles. The van der Waals surface area contributed by atoms with Crippen molar-refractivity contribution in [2.24, 2.45) is 5.41 Å². The normalized spacial score (nSPS) is 16.0. The van der Waals surface area contributed by atoms with Crippen molar-refractivity contribution in [1.82, 2.24) is 0 Å². The number of carbonyl (C=O) groups is 4. The van der Waals surface area contributed by atoms with Gasteiger partial charge in [-0.15, -0.1) is 0 Å². The minimum absolute atomic E-state index is 0.00593. The summed E-state index contributed by atoms with van der Waals surface area (Å²) in [5, 5.41) is 0. The molecular formula is C29H38O7. The average Bonchev–Trinajstić information content (AvgIpc) is 2.83. The summed E-state index contributed by atoms with van der Waals surface area (Å²) in [6.07, 6.45) is 5.62. The lowest BCUT2D eigenvalue weighted by atomic mass is 9.75. The molecule has 1 aliphatic rings. The lowest BCUT2D eigenvalue weighted by Gasteiger charge is -2.32. The van der Waals surface area contributed by atoms with Crippen molar-refractivity contribution >= 4 is 23.7 Å². The average molecular weight is 499 g/mol. The Morgan fingerprint density at radius 2 is 1.58 bits per heavy atom. The van der Waals surface area contributed by atoms with Gasteiger partial charge in [-0.25, -0.2) is 4.79 Å². The second-order valence-corrected chi connectivity index (χ2v) is 9.26. The van der Waals surface area contributed by atoms with Crippen LogP contribution in [0.4, 0.5) is 0 Å². The van der Waals surface area contributed by atoms with Crippen LogP contribution in [0.2, 0.25) is 0 Å². The molecule has 7 nitrogen and oxygen atoms in total. The highest BCUT2D eigenvalue weighted by atomic mass is 16.6. The number of hydrogen-bond acceptors (Lipinski definition) is 7. The Labute approximate surface area is 214 Å². The molecule has 0 N–H and O–H groups in total. The molecule has 7 heteroatoms. The summed E-state index contributed by atoms with van der Waals surface area (Å²) < 4.78 is 15.9. The van der Waals surface area contributed by atoms with E-state index in [1.165, 1.54) is 13.8 Å². The maximum atomic E-state index is 13.0. The number of hydrogen-bond donors (Lipinski definition) is 0. The molecule has 0 saturated heterocycles. The van der Waals surface area contributed by atoms with E-state index in [1.807, 2.05) is 12.1 Å². The zero-order valence-corrected chi connectivity index (χ0v) is 21.9. The van der Waals surface area contributed by atoms with Crippen LogP contribution in [0.15, 0.2) is 24.3 Å². The summed E-state index contributed by atoms with van der Waals surface area (Å²) in [6.45, 7) is 6.70. The van der Waals surface area contributed by atoms with E-state index in [1.54, 1.807) is 26.0 Å². The SMILES string of the molecule is CCOC(=O)c1ccc(CCCC(CC#CC2(OC(C)=O)CCCCC2)(C(C)=O)C(=O)OCC)cc1. The maximum Gasteiger partial charge on any atom is 0.338 e. The highest BCUT2D eigenvalue weighted by Crippen LogP contribution is 2.34. The zero-order chi connectivity index (χ0) is 26.6. The largest absolute Gasteiger partial charge is 0.465 e. The number of carbonyl (C=O) groups excluding carboxylic acids is 4. The molecule has 0 aromatic heterocycles. The van der Waals surface area contributed by atoms with Crippen LogP contribution in [0.3, 0.4) is 0 Å². The molecule has 0 heterocycles. The van der Waals surface area contributed by atoms with Gasteiger partial charge in [-0.05, 0) is 83.4 Å². The third kappa shape index (κ3) is 7.94. The monoisotopic (exact) mass is 498 g/mol. The van der Waals surface area contributed by atoms with Crippen molar-refractivity contribution in [3.8, 4) is 11.8 Å². The summed E-state index contributed by atoms with van der Waals surface area (Å²) in [7, 11) is 0. The van der Waals surface area contributed by atoms with Crippen LogP contribution < -0.4 is 0 Å². The van der Waals surface area contributed by atoms with Crippen LogP contribution in [-0.2, 0) is 35.0 Å². The second-order valence-electron chi connectivity index (χ2n) is 9.26. The van der Waals surface area contributed by atoms with Gasteiger partial charge in [0.2, 0.25) is 0 Å². The molecule has 1 unspecified atom stereocenters. The standard InChI is InChI=1S/C29H38O7/c1-5-34-26(32)25-15-13-24(14-16-25)12-10-20-29(22(3)30,27(33)35-6-2)21-11-19-28(36-23(4)31)17-8-7-9-18-28/h13-16H,5-10,12,17-18,20-21H2,1-4H3. The number of rotatable bonds is 11. The van der Waals surface area contributed by atoms with Crippen LogP contribution in [0.1, 0.15) is 95.0 Å². The zero-order valence-electron chi connectivity index (χ0n) is 21.9. The molecule has 1 aromatic rings. The highest BCUT2D eigenvalue weighted by molar-refractivity contribution is 6.03. The molecule has 1 atom stereocenters. The first-order valence-electron chi connectivity index (χ1n) is 12.8. The first-order valence-corrected chi connectivity index (χ1v) is 12.8. The van der Waals surface area contributed by atoms with Crippen LogP contribution in [0.5, 0.6) is 0 Å². The van der Waals surface area contributed by atoms with Crippen molar-refractivity contribution in [3.05, 3.63) is 35.4 Å². The summed E-state index contributed by atoms with van der Waals surface area (Å²) in [4.78, 5) is 49.4. The molecule has 1 fully saturated rings. The van der Waals surface area contributed by atoms with E-state index in [0.29, 0.717) is 37.9 Å². The summed E-state index contributed by atoms with van der Waals surface area (Å²) in [6, 6.07) is 7.11. The van der Waals surface area contributed by atoms with Crippen LogP contribution in [0.25, 0.3) is 0 Å². The number of esters is 3. The van der Waals surface area contributed by atoms with Gasteiger partial charge < -0.3 is 14.2 Å². The fourth-order valence-electron chi connectivity index (χ4n) is 4.60. The molecule has 0 aliphatic heterocycles. The number of ether oxygens (including phenoxy) is 3. The molecule has 0 radical (unpaired) electrons. The van der Waals surface area contributed by atoms with Gasteiger partial charge in [0.25, 0.3) is 0 Å². The molecule has 1 aromatic carbocycles. The molecule has 2 rings (SSSR count). The smallest absolute Gasteiger partial charge is 0.338 e. The molecule has 0 spiro atoms. The van der Waals surface area contributed by atoms with E-state index in [4.69, 9.17) is 14.2 Å². The van der Waals surface area contributed by atoms with E-state index in [2.05, 4.69) is 11.8 Å². The van der Waals surface area contributed by atoms with Crippen molar-refractivity contribution in [2.45, 2.75) is 91.1 Å². The molecule has 36 heavy (non-hydrogen) atoms. The van der Waals surface area contributed by atoms with E-state index < -0.39 is 17.0 Å². The first-order chi connectivity index (χ1) is 17.2. The van der Waals surface area contributed by atoms with Crippen LogP contribution in [-0.4, -0.2) is 42.5 Å². The van der Waals surface area contributed by atoms with Gasteiger partial charge in [0.1, 0.15) is 11.2 Å². The van der Waals surface area contributed by atoms with E-state index in [9.17, 15) is 19.2 Å². The van der Waals surface area contributed by atoms with Crippen molar-refractivity contribution < 1.29 is 33.4 Å². The summed E-state index contributed by atoms with van der Waals surface area (Å²) in [5.74, 6) is 4.53. The molecule has 0 amide bonds. The first kappa shape index (κ1) is 29.1. The quantitative estimate of drug-likeness (QED) is 0.184. The summed E-state index contributed by atoms with van der Waals surface area (Å²) in [5.41, 5.74) is -0.793. The van der Waals surface area contributed by atoms with E-state index >= 15 is 0 Å². The Balaban J connectivity index is 2.19. The Morgan fingerprint density at radius 3 is 2.14 bits per heavy atom. The van der Waals surface area contributed by atoms with Crippen LogP contribution in [0, 0.1) is 17.3 Å². The van der Waals surface area contributed by atoms with E-state index in [0.717, 1.165) is 24.8 Å². The Bertz CT molecular complexity index is 977. The minimum Gasteiger partial charge on any atom is -0.465 e. The molecule has 1 aliphatic carbocycles. The molecule has 196 valence electrons. The maximum absolute atomic E-state index is 13.0. The lowest BCUT2D eigenvalue weighted by Crippen LogP contribution is -2.40. The molecule has 0 bridgehead atoms. The Morgan fingerprint density at radius 1 is 0.944 bits per heavy atom. The summed E-state index contributed by atoms with van der Waals surface area (Å²) >= 11 is 0. The Kier molecular flexibility index (Phi) is 11.2. The van der Waals surface area contributed by atoms with E-state index in [-0.39, 0.29) is 37.2 Å². The number of aryl methyl sites for hydroxylation is 1. The number of ketones is 1. The minimum atomic E-state index is -1.39. The topological polar surface area (TPSA) is 96.0 Å². The third-order valence-corrected chi connectivity index (χ3v) is 6.58.